The first kappa shape index (κ1) is 23.9. The van der Waals surface area contributed by atoms with Crippen LogP contribution in [0.4, 0.5) is 0 Å². The van der Waals surface area contributed by atoms with Gasteiger partial charge in [0.1, 0.15) is 5.75 Å². The van der Waals surface area contributed by atoms with E-state index in [4.69, 9.17) is 9.47 Å². The monoisotopic (exact) mass is 480 g/mol. The van der Waals surface area contributed by atoms with E-state index in [0.29, 0.717) is 32.1 Å². The second-order valence-electron chi connectivity index (χ2n) is 8.04. The lowest BCUT2D eigenvalue weighted by atomic mass is 10.00. The molecule has 0 aromatic heterocycles. The Labute approximate surface area is 200 Å². The normalized spacial score (nSPS) is 15.2. The van der Waals surface area contributed by atoms with Crippen molar-refractivity contribution in [3.63, 3.8) is 0 Å². The molecule has 3 aromatic carbocycles. The number of morpholine rings is 1. The fourth-order valence-electron chi connectivity index (χ4n) is 3.84. The van der Waals surface area contributed by atoms with Crippen molar-refractivity contribution >= 4 is 15.9 Å². The maximum Gasteiger partial charge on any atom is 0.263 e. The molecule has 0 bridgehead atoms. The molecule has 0 saturated carbocycles. The van der Waals surface area contributed by atoms with Crippen molar-refractivity contribution in [1.82, 2.24) is 9.62 Å². The summed E-state index contributed by atoms with van der Waals surface area (Å²) in [6.07, 6.45) is -0.681. The largest absolute Gasteiger partial charge is 0.481 e. The molecule has 1 fully saturated rings. The van der Waals surface area contributed by atoms with Crippen molar-refractivity contribution in [3.05, 3.63) is 96.1 Å². The average molecular weight is 481 g/mol. The Hall–Kier alpha value is -3.20. The Morgan fingerprint density at radius 1 is 0.882 bits per heavy atom. The van der Waals surface area contributed by atoms with Gasteiger partial charge in [0, 0.05) is 13.1 Å². The van der Waals surface area contributed by atoms with Crippen LogP contribution in [0.2, 0.25) is 0 Å². The van der Waals surface area contributed by atoms with Crippen molar-refractivity contribution in [2.75, 3.05) is 26.3 Å². The fourth-order valence-corrected chi connectivity index (χ4v) is 5.05. The minimum absolute atomic E-state index is 0.115. The van der Waals surface area contributed by atoms with Gasteiger partial charge in [0.25, 0.3) is 5.91 Å². The average Bonchev–Trinajstić information content (AvgIpc) is 2.88. The Balaban J connectivity index is 1.48. The van der Waals surface area contributed by atoms with Crippen LogP contribution in [0, 0.1) is 0 Å². The molecule has 1 aliphatic rings. The van der Waals surface area contributed by atoms with E-state index in [-0.39, 0.29) is 10.8 Å². The lowest BCUT2D eigenvalue weighted by Crippen LogP contribution is -2.46. The van der Waals surface area contributed by atoms with Crippen molar-refractivity contribution in [2.24, 2.45) is 0 Å². The van der Waals surface area contributed by atoms with Crippen LogP contribution in [-0.2, 0) is 19.6 Å². The van der Waals surface area contributed by atoms with Gasteiger partial charge in [-0.3, -0.25) is 4.79 Å². The maximum absolute atomic E-state index is 13.2. The zero-order chi connectivity index (χ0) is 24.0. The van der Waals surface area contributed by atoms with Crippen LogP contribution in [0.15, 0.2) is 89.8 Å². The lowest BCUT2D eigenvalue weighted by molar-refractivity contribution is -0.142. The van der Waals surface area contributed by atoms with E-state index in [2.05, 4.69) is 4.72 Å². The molecule has 1 N–H and O–H groups in total. The number of sulfonamides is 1. The summed E-state index contributed by atoms with van der Waals surface area (Å²) in [4.78, 5) is 14.4. The van der Waals surface area contributed by atoms with Crippen LogP contribution >= 0.6 is 0 Å². The molecule has 0 aliphatic carbocycles. The van der Waals surface area contributed by atoms with Crippen LogP contribution in [0.5, 0.6) is 5.75 Å². The van der Waals surface area contributed by atoms with Crippen molar-refractivity contribution < 1.29 is 22.7 Å². The van der Waals surface area contributed by atoms with Crippen LogP contribution in [-0.4, -0.2) is 51.6 Å². The van der Waals surface area contributed by atoms with Crippen molar-refractivity contribution in [2.45, 2.75) is 24.0 Å². The third kappa shape index (κ3) is 5.83. The number of nitrogens with zero attached hydrogens (tertiary/aromatic N) is 1. The summed E-state index contributed by atoms with van der Waals surface area (Å²) in [6, 6.07) is 24.4. The van der Waals surface area contributed by atoms with Crippen LogP contribution in [0.1, 0.15) is 24.1 Å². The van der Waals surface area contributed by atoms with Crippen molar-refractivity contribution in [3.8, 4) is 5.75 Å². The molecule has 178 valence electrons. The molecule has 4 rings (SSSR count). The van der Waals surface area contributed by atoms with E-state index >= 15 is 0 Å². The van der Waals surface area contributed by atoms with Crippen LogP contribution in [0.3, 0.4) is 0 Å². The molecule has 34 heavy (non-hydrogen) atoms. The van der Waals surface area contributed by atoms with Crippen molar-refractivity contribution in [1.29, 1.82) is 0 Å². The highest BCUT2D eigenvalue weighted by atomic mass is 32.2. The Bertz CT molecular complexity index is 1140. The molecule has 7 nitrogen and oxygen atoms in total. The quantitative estimate of drug-likeness (QED) is 0.534. The Morgan fingerprint density at radius 2 is 1.41 bits per heavy atom. The fraction of sp³-hybridized carbons (Fsp3) is 0.269. The summed E-state index contributed by atoms with van der Waals surface area (Å²) in [6.45, 7) is 3.81. The number of nitrogens with one attached hydrogen (secondary N) is 1. The zero-order valence-electron chi connectivity index (χ0n) is 19.0. The van der Waals surface area contributed by atoms with Gasteiger partial charge in [-0.25, -0.2) is 8.42 Å². The predicted octanol–water partition coefficient (Wildman–Crippen LogP) is 3.38. The summed E-state index contributed by atoms with van der Waals surface area (Å²) in [5.41, 5.74) is 1.68. The second kappa shape index (κ2) is 10.8. The van der Waals surface area contributed by atoms with Gasteiger partial charge >= 0.3 is 0 Å². The van der Waals surface area contributed by atoms with Gasteiger partial charge < -0.3 is 14.4 Å². The molecule has 8 heteroatoms. The first-order valence-electron chi connectivity index (χ1n) is 11.2. The van der Waals surface area contributed by atoms with E-state index in [1.165, 1.54) is 12.1 Å². The topological polar surface area (TPSA) is 84.9 Å². The Morgan fingerprint density at radius 3 is 1.94 bits per heavy atom. The van der Waals surface area contributed by atoms with E-state index < -0.39 is 22.2 Å². The Kier molecular flexibility index (Phi) is 7.62. The second-order valence-corrected chi connectivity index (χ2v) is 9.76. The number of carbonyl (C=O) groups excluding carboxylic acids is 1. The first-order valence-corrected chi connectivity index (χ1v) is 12.7. The molecule has 1 aliphatic heterocycles. The van der Waals surface area contributed by atoms with Crippen LogP contribution in [0.25, 0.3) is 0 Å². The molecule has 1 heterocycles. The van der Waals surface area contributed by atoms with Crippen LogP contribution < -0.4 is 9.46 Å². The van der Waals surface area contributed by atoms with E-state index in [0.717, 1.165) is 11.1 Å². The highest BCUT2D eigenvalue weighted by Gasteiger charge is 2.25. The summed E-state index contributed by atoms with van der Waals surface area (Å²) < 4.78 is 40.3. The van der Waals surface area contributed by atoms with E-state index in [1.807, 2.05) is 60.7 Å². The highest BCUT2D eigenvalue weighted by Crippen LogP contribution is 2.25. The summed E-state index contributed by atoms with van der Waals surface area (Å²) >= 11 is 0. The number of hydrogen-bond donors (Lipinski definition) is 1. The third-order valence-electron chi connectivity index (χ3n) is 5.66. The highest BCUT2D eigenvalue weighted by molar-refractivity contribution is 7.89. The molecule has 3 aromatic rings. The smallest absolute Gasteiger partial charge is 0.263 e. The number of ether oxygens (including phenoxy) is 2. The molecular weight excluding hydrogens is 452 g/mol. The summed E-state index contributed by atoms with van der Waals surface area (Å²) in [7, 11) is -3.83. The molecule has 1 amide bonds. The number of rotatable bonds is 8. The van der Waals surface area contributed by atoms with Gasteiger partial charge in [-0.15, -0.1) is 0 Å². The van der Waals surface area contributed by atoms with Gasteiger partial charge in [-0.1, -0.05) is 60.7 Å². The van der Waals surface area contributed by atoms with Gasteiger partial charge in [-0.2, -0.15) is 4.72 Å². The van der Waals surface area contributed by atoms with Gasteiger partial charge in [0.15, 0.2) is 6.10 Å². The third-order valence-corrected chi connectivity index (χ3v) is 7.10. The molecule has 1 atom stereocenters. The molecule has 0 spiro atoms. The SMILES string of the molecule is C[C@@H](Oc1ccc(S(=O)(=O)NC(c2ccccc2)c2ccccc2)cc1)C(=O)N1CCOCC1. The summed E-state index contributed by atoms with van der Waals surface area (Å²) in [5.74, 6) is 0.311. The van der Waals surface area contributed by atoms with E-state index in [1.54, 1.807) is 24.0 Å². The maximum atomic E-state index is 13.2. The molecule has 0 unspecified atom stereocenters. The molecule has 0 radical (unpaired) electrons. The molecular formula is C26H28N2O5S. The minimum Gasteiger partial charge on any atom is -0.481 e. The minimum atomic E-state index is -3.83. The number of hydrogen-bond acceptors (Lipinski definition) is 5. The number of amides is 1. The first-order chi connectivity index (χ1) is 16.4. The van der Waals surface area contributed by atoms with E-state index in [9.17, 15) is 13.2 Å². The lowest BCUT2D eigenvalue weighted by Gasteiger charge is -2.29. The van der Waals surface area contributed by atoms with Gasteiger partial charge in [-0.05, 0) is 42.3 Å². The number of carbonyl (C=O) groups is 1. The van der Waals surface area contributed by atoms with Gasteiger partial charge in [0.2, 0.25) is 10.0 Å². The summed E-state index contributed by atoms with van der Waals surface area (Å²) in [5, 5.41) is 0. The molecule has 1 saturated heterocycles. The number of benzene rings is 3. The standard InChI is InChI=1S/C26H28N2O5S/c1-20(26(29)28-16-18-32-19-17-28)33-23-12-14-24(15-13-23)34(30,31)27-25(21-8-4-2-5-9-21)22-10-6-3-7-11-22/h2-15,20,25,27H,16-19H2,1H3/t20-/m1/s1. The predicted molar refractivity (Wildman–Crippen MR) is 129 cm³/mol. The van der Waals surface area contributed by atoms with Gasteiger partial charge in [0.05, 0.1) is 24.2 Å². The zero-order valence-corrected chi connectivity index (χ0v) is 19.8.